The van der Waals surface area contributed by atoms with Crippen molar-refractivity contribution in [3.05, 3.63) is 58.0 Å². The number of hydrogen-bond acceptors (Lipinski definition) is 3. The number of thiophene rings is 1. The summed E-state index contributed by atoms with van der Waals surface area (Å²) in [5, 5.41) is 5.27. The molecule has 1 aromatic heterocycles. The smallest absolute Gasteiger partial charge is 0.230 e. The third-order valence-corrected chi connectivity index (χ3v) is 6.86. The molecule has 1 aromatic carbocycles. The van der Waals surface area contributed by atoms with Gasteiger partial charge in [0.1, 0.15) is 5.82 Å². The van der Waals surface area contributed by atoms with Gasteiger partial charge in [-0.2, -0.15) is 0 Å². The van der Waals surface area contributed by atoms with E-state index in [1.54, 1.807) is 12.1 Å². The van der Waals surface area contributed by atoms with Crippen LogP contribution in [0, 0.1) is 5.82 Å². The summed E-state index contributed by atoms with van der Waals surface area (Å²) >= 11 is 1.86. The second-order valence-electron chi connectivity index (χ2n) is 7.48. The highest BCUT2D eigenvalue weighted by atomic mass is 32.1. The quantitative estimate of drug-likeness (QED) is 0.834. The highest BCUT2D eigenvalue weighted by Gasteiger charge is 2.51. The van der Waals surface area contributed by atoms with Gasteiger partial charge in [0.15, 0.2) is 0 Å². The number of nitrogens with zero attached hydrogens (tertiary/aromatic N) is 1. The van der Waals surface area contributed by atoms with Crippen molar-refractivity contribution < 1.29 is 9.18 Å². The Morgan fingerprint density at radius 1 is 1.19 bits per heavy atom. The third kappa shape index (κ3) is 3.69. The predicted molar refractivity (Wildman–Crippen MR) is 103 cm³/mol. The highest BCUT2D eigenvalue weighted by molar-refractivity contribution is 7.10. The first-order chi connectivity index (χ1) is 12.7. The first-order valence-electron chi connectivity index (χ1n) is 9.47. The topological polar surface area (TPSA) is 32.3 Å². The highest BCUT2D eigenvalue weighted by Crippen LogP contribution is 2.48. The molecule has 4 rings (SSSR count). The summed E-state index contributed by atoms with van der Waals surface area (Å²) < 4.78 is 13.1. The Kier molecular flexibility index (Phi) is 5.09. The Morgan fingerprint density at radius 3 is 2.54 bits per heavy atom. The molecule has 1 saturated carbocycles. The van der Waals surface area contributed by atoms with Crippen molar-refractivity contribution in [2.45, 2.75) is 37.0 Å². The van der Waals surface area contributed by atoms with Gasteiger partial charge in [0.05, 0.1) is 5.41 Å². The van der Waals surface area contributed by atoms with Crippen molar-refractivity contribution in [2.75, 3.05) is 26.2 Å². The van der Waals surface area contributed by atoms with Gasteiger partial charge in [-0.05, 0) is 73.8 Å². The summed E-state index contributed by atoms with van der Waals surface area (Å²) in [5.74, 6) is 0.544. The van der Waals surface area contributed by atoms with Gasteiger partial charge in [-0.15, -0.1) is 11.3 Å². The monoisotopic (exact) mass is 372 g/mol. The lowest BCUT2D eigenvalue weighted by Crippen LogP contribution is -2.42. The lowest BCUT2D eigenvalue weighted by atomic mass is 9.94. The van der Waals surface area contributed by atoms with Gasteiger partial charge < -0.3 is 10.2 Å². The second-order valence-corrected chi connectivity index (χ2v) is 8.46. The molecule has 0 unspecified atom stereocenters. The van der Waals surface area contributed by atoms with Gasteiger partial charge in [0.2, 0.25) is 5.91 Å². The zero-order valence-electron chi connectivity index (χ0n) is 14.9. The fourth-order valence-corrected chi connectivity index (χ4v) is 4.90. The van der Waals surface area contributed by atoms with E-state index in [-0.39, 0.29) is 11.7 Å². The van der Waals surface area contributed by atoms with Crippen LogP contribution in [0.1, 0.15) is 42.0 Å². The number of rotatable bonds is 6. The van der Waals surface area contributed by atoms with Crippen molar-refractivity contribution in [1.82, 2.24) is 10.2 Å². The van der Waals surface area contributed by atoms with Crippen molar-refractivity contribution >= 4 is 17.2 Å². The molecule has 2 aromatic rings. The molecule has 0 atom stereocenters. The zero-order chi connectivity index (χ0) is 18.0. The minimum Gasteiger partial charge on any atom is -0.354 e. The van der Waals surface area contributed by atoms with E-state index in [1.807, 2.05) is 11.3 Å². The molecular formula is C21H25FN2OS. The standard InChI is InChI=1S/C21H25FN2OS/c22-18-5-3-17(4-6-18)21(9-10-21)20(25)23-11-14-24-12-7-16(8-13-24)19-2-1-15-26-19/h1-6,15-16H,7-14H2,(H,23,25). The molecule has 1 aliphatic carbocycles. The number of halogens is 1. The Hall–Kier alpha value is -1.72. The summed E-state index contributed by atoms with van der Waals surface area (Å²) in [7, 11) is 0. The maximum Gasteiger partial charge on any atom is 0.230 e. The maximum atomic E-state index is 13.1. The van der Waals surface area contributed by atoms with Crippen LogP contribution in [-0.4, -0.2) is 37.0 Å². The van der Waals surface area contributed by atoms with Crippen LogP contribution in [0.2, 0.25) is 0 Å². The number of amides is 1. The van der Waals surface area contributed by atoms with Crippen LogP contribution in [0.5, 0.6) is 0 Å². The van der Waals surface area contributed by atoms with Crippen molar-refractivity contribution in [2.24, 2.45) is 0 Å². The van der Waals surface area contributed by atoms with Gasteiger partial charge in [-0.1, -0.05) is 18.2 Å². The molecule has 26 heavy (non-hydrogen) atoms. The lowest BCUT2D eigenvalue weighted by Gasteiger charge is -2.31. The van der Waals surface area contributed by atoms with Gasteiger partial charge in [0, 0.05) is 18.0 Å². The van der Waals surface area contributed by atoms with Gasteiger partial charge in [-0.3, -0.25) is 4.79 Å². The fourth-order valence-electron chi connectivity index (χ4n) is 4.00. The number of nitrogens with one attached hydrogen (secondary N) is 1. The number of piperidine rings is 1. The van der Waals surface area contributed by atoms with Gasteiger partial charge >= 0.3 is 0 Å². The second kappa shape index (κ2) is 7.49. The normalized spacial score (nSPS) is 20.0. The summed E-state index contributed by atoms with van der Waals surface area (Å²) in [5.41, 5.74) is 0.521. The molecule has 2 aliphatic rings. The van der Waals surface area contributed by atoms with E-state index in [0.29, 0.717) is 12.5 Å². The Balaban J connectivity index is 1.23. The van der Waals surface area contributed by atoms with E-state index in [2.05, 4.69) is 27.7 Å². The zero-order valence-corrected chi connectivity index (χ0v) is 15.7. The molecule has 3 nitrogen and oxygen atoms in total. The molecule has 0 spiro atoms. The first kappa shape index (κ1) is 17.7. The number of carbonyl (C=O) groups is 1. The minimum absolute atomic E-state index is 0.0950. The van der Waals surface area contributed by atoms with E-state index >= 15 is 0 Å². The number of carbonyl (C=O) groups excluding carboxylic acids is 1. The average molecular weight is 373 g/mol. The van der Waals surface area contributed by atoms with Crippen LogP contribution >= 0.6 is 11.3 Å². The van der Waals surface area contributed by atoms with Crippen molar-refractivity contribution in [1.29, 1.82) is 0 Å². The van der Waals surface area contributed by atoms with Crippen molar-refractivity contribution in [3.8, 4) is 0 Å². The molecule has 1 amide bonds. The molecule has 1 aliphatic heterocycles. The van der Waals surface area contributed by atoms with Crippen LogP contribution < -0.4 is 5.32 Å². The SMILES string of the molecule is O=C(NCCN1CCC(c2cccs2)CC1)C1(c2ccc(F)cc2)CC1. The summed E-state index contributed by atoms with van der Waals surface area (Å²) in [6.07, 6.45) is 4.12. The van der Waals surface area contributed by atoms with Crippen molar-refractivity contribution in [3.63, 3.8) is 0 Å². The van der Waals surface area contributed by atoms with Crippen LogP contribution in [0.4, 0.5) is 4.39 Å². The molecule has 5 heteroatoms. The molecule has 1 N–H and O–H groups in total. The molecule has 0 radical (unpaired) electrons. The molecule has 1 saturated heterocycles. The van der Waals surface area contributed by atoms with Crippen LogP contribution in [-0.2, 0) is 10.2 Å². The fraction of sp³-hybridized carbons (Fsp3) is 0.476. The van der Waals surface area contributed by atoms with Gasteiger partial charge in [-0.25, -0.2) is 4.39 Å². The van der Waals surface area contributed by atoms with Crippen LogP contribution in [0.3, 0.4) is 0 Å². The van der Waals surface area contributed by atoms with E-state index in [1.165, 1.54) is 29.9 Å². The Bertz CT molecular complexity index is 732. The Morgan fingerprint density at radius 2 is 1.92 bits per heavy atom. The molecule has 138 valence electrons. The van der Waals surface area contributed by atoms with E-state index in [4.69, 9.17) is 0 Å². The predicted octanol–water partition coefficient (Wildman–Crippen LogP) is 3.91. The largest absolute Gasteiger partial charge is 0.354 e. The lowest BCUT2D eigenvalue weighted by molar-refractivity contribution is -0.123. The van der Waals surface area contributed by atoms with E-state index < -0.39 is 5.41 Å². The van der Waals surface area contributed by atoms with Crippen LogP contribution in [0.15, 0.2) is 41.8 Å². The van der Waals surface area contributed by atoms with E-state index in [9.17, 15) is 9.18 Å². The number of benzene rings is 1. The third-order valence-electron chi connectivity index (χ3n) is 5.83. The Labute approximate surface area is 158 Å². The van der Waals surface area contributed by atoms with Gasteiger partial charge in [0.25, 0.3) is 0 Å². The van der Waals surface area contributed by atoms with Crippen LogP contribution in [0.25, 0.3) is 0 Å². The maximum absolute atomic E-state index is 13.1. The molecule has 2 heterocycles. The molecule has 2 fully saturated rings. The molecule has 0 bridgehead atoms. The van der Waals surface area contributed by atoms with E-state index in [0.717, 1.165) is 38.0 Å². The average Bonchev–Trinajstić information content (AvgIpc) is 3.29. The number of hydrogen-bond donors (Lipinski definition) is 1. The summed E-state index contributed by atoms with van der Waals surface area (Å²) in [6.45, 7) is 3.79. The molecular weight excluding hydrogens is 347 g/mol. The number of likely N-dealkylation sites (tertiary alicyclic amines) is 1. The first-order valence-corrected chi connectivity index (χ1v) is 10.4. The summed E-state index contributed by atoms with van der Waals surface area (Å²) in [4.78, 5) is 16.6. The summed E-state index contributed by atoms with van der Waals surface area (Å²) in [6, 6.07) is 10.8. The minimum atomic E-state index is -0.417.